The summed E-state index contributed by atoms with van der Waals surface area (Å²) in [4.78, 5) is 0. The van der Waals surface area contributed by atoms with E-state index in [1.54, 1.807) is 0 Å². The van der Waals surface area contributed by atoms with Crippen LogP contribution >= 0.6 is 45.2 Å². The summed E-state index contributed by atoms with van der Waals surface area (Å²) in [7, 11) is 0. The van der Waals surface area contributed by atoms with Crippen LogP contribution in [0.1, 0.15) is 11.1 Å². The molecule has 0 amide bonds. The van der Waals surface area contributed by atoms with Crippen LogP contribution in [0.25, 0.3) is 12.2 Å². The van der Waals surface area contributed by atoms with Crippen molar-refractivity contribution < 1.29 is 0 Å². The second-order valence-electron chi connectivity index (χ2n) is 3.44. The van der Waals surface area contributed by atoms with Gasteiger partial charge in [-0.3, -0.25) is 0 Å². The van der Waals surface area contributed by atoms with Crippen LogP contribution in [0, 0.1) is 7.14 Å². The molecule has 0 saturated carbocycles. The van der Waals surface area contributed by atoms with Gasteiger partial charge >= 0.3 is 0 Å². The molecule has 0 unspecified atom stereocenters. The molecule has 0 aliphatic heterocycles. The van der Waals surface area contributed by atoms with E-state index in [-0.39, 0.29) is 0 Å². The number of hydrogen-bond acceptors (Lipinski definition) is 0. The minimum atomic E-state index is 1.24. The third kappa shape index (κ3) is 3.59. The molecule has 0 fully saturated rings. The highest BCUT2D eigenvalue weighted by atomic mass is 127. The lowest BCUT2D eigenvalue weighted by molar-refractivity contribution is 1.59. The zero-order chi connectivity index (χ0) is 11.4. The molecular formula is C14H10I2. The van der Waals surface area contributed by atoms with Crippen LogP contribution < -0.4 is 0 Å². The normalized spacial score (nSPS) is 10.9. The third-order valence-electron chi connectivity index (χ3n) is 2.17. The average molecular weight is 432 g/mol. The summed E-state index contributed by atoms with van der Waals surface area (Å²) in [5.41, 5.74) is 2.48. The molecule has 0 N–H and O–H groups in total. The second kappa shape index (κ2) is 5.82. The number of hydrogen-bond donors (Lipinski definition) is 0. The Morgan fingerprint density at radius 2 is 1.12 bits per heavy atom. The minimum absolute atomic E-state index is 1.24. The molecule has 16 heavy (non-hydrogen) atoms. The second-order valence-corrected chi connectivity index (χ2v) is 5.93. The molecule has 80 valence electrons. The highest BCUT2D eigenvalue weighted by molar-refractivity contribution is 14.1. The first-order chi connectivity index (χ1) is 7.74. The molecule has 0 nitrogen and oxygen atoms in total. The van der Waals surface area contributed by atoms with Crippen molar-refractivity contribution in [2.75, 3.05) is 0 Å². The minimum Gasteiger partial charge on any atom is -0.0606 e. The first-order valence-corrected chi connectivity index (χ1v) is 7.09. The lowest BCUT2D eigenvalue weighted by Gasteiger charge is -1.96. The molecular weight excluding hydrogens is 422 g/mol. The van der Waals surface area contributed by atoms with E-state index in [1.807, 2.05) is 0 Å². The zero-order valence-electron chi connectivity index (χ0n) is 8.53. The maximum Gasteiger partial charge on any atom is 0.0136 e. The van der Waals surface area contributed by atoms with E-state index < -0.39 is 0 Å². The van der Waals surface area contributed by atoms with Crippen LogP contribution in [-0.4, -0.2) is 0 Å². The summed E-state index contributed by atoms with van der Waals surface area (Å²) >= 11 is 4.66. The Kier molecular flexibility index (Phi) is 4.40. The molecule has 2 heteroatoms. The predicted molar refractivity (Wildman–Crippen MR) is 87.2 cm³/mol. The number of halogens is 2. The van der Waals surface area contributed by atoms with Crippen LogP contribution in [0.4, 0.5) is 0 Å². The van der Waals surface area contributed by atoms with Gasteiger partial charge in [0.2, 0.25) is 0 Å². The van der Waals surface area contributed by atoms with Gasteiger partial charge in [-0.1, -0.05) is 36.4 Å². The van der Waals surface area contributed by atoms with Crippen molar-refractivity contribution in [2.24, 2.45) is 0 Å². The van der Waals surface area contributed by atoms with Gasteiger partial charge in [0.15, 0.2) is 0 Å². The zero-order valence-corrected chi connectivity index (χ0v) is 12.8. The molecule has 0 aromatic heterocycles. The predicted octanol–water partition coefficient (Wildman–Crippen LogP) is 5.07. The molecule has 0 atom stereocenters. The quantitative estimate of drug-likeness (QED) is 0.460. The molecule has 0 radical (unpaired) electrons. The summed E-state index contributed by atoms with van der Waals surface area (Å²) in [6.07, 6.45) is 4.29. The average Bonchev–Trinajstić information content (AvgIpc) is 2.27. The molecule has 0 aliphatic carbocycles. The SMILES string of the molecule is Ic1cccc(C=Cc2cccc(I)c2)c1. The van der Waals surface area contributed by atoms with Gasteiger partial charge in [0.05, 0.1) is 0 Å². The maximum atomic E-state index is 2.33. The van der Waals surface area contributed by atoms with Gasteiger partial charge in [-0.05, 0) is 80.6 Å². The number of benzene rings is 2. The lowest BCUT2D eigenvalue weighted by Crippen LogP contribution is -1.76. The van der Waals surface area contributed by atoms with Gasteiger partial charge in [-0.15, -0.1) is 0 Å². The Bertz CT molecular complexity index is 468. The molecule has 2 aromatic rings. The van der Waals surface area contributed by atoms with Crippen LogP contribution in [0.2, 0.25) is 0 Å². The fraction of sp³-hybridized carbons (Fsp3) is 0. The van der Waals surface area contributed by atoms with Crippen molar-refractivity contribution in [1.82, 2.24) is 0 Å². The van der Waals surface area contributed by atoms with Crippen molar-refractivity contribution in [3.63, 3.8) is 0 Å². The largest absolute Gasteiger partial charge is 0.0606 e. The van der Waals surface area contributed by atoms with E-state index in [2.05, 4.69) is 106 Å². The summed E-state index contributed by atoms with van der Waals surface area (Å²) in [6, 6.07) is 16.9. The van der Waals surface area contributed by atoms with Gasteiger partial charge < -0.3 is 0 Å². The van der Waals surface area contributed by atoms with Crippen LogP contribution in [0.3, 0.4) is 0 Å². The monoisotopic (exact) mass is 432 g/mol. The van der Waals surface area contributed by atoms with Gasteiger partial charge in [0.1, 0.15) is 0 Å². The first-order valence-electron chi connectivity index (χ1n) is 4.93. The lowest BCUT2D eigenvalue weighted by atomic mass is 10.1. The van der Waals surface area contributed by atoms with E-state index in [0.717, 1.165) is 0 Å². The Hall–Kier alpha value is -0.360. The van der Waals surface area contributed by atoms with Crippen molar-refractivity contribution in [3.05, 3.63) is 66.8 Å². The Labute approximate surface area is 123 Å². The molecule has 0 aliphatic rings. The van der Waals surface area contributed by atoms with Crippen molar-refractivity contribution in [2.45, 2.75) is 0 Å². The van der Waals surface area contributed by atoms with Crippen LogP contribution in [0.5, 0.6) is 0 Å². The Balaban J connectivity index is 2.21. The molecule has 2 aromatic carbocycles. The summed E-state index contributed by atoms with van der Waals surface area (Å²) in [6.45, 7) is 0. The van der Waals surface area contributed by atoms with E-state index in [1.165, 1.54) is 18.3 Å². The van der Waals surface area contributed by atoms with Crippen LogP contribution in [0.15, 0.2) is 48.5 Å². The van der Waals surface area contributed by atoms with E-state index in [9.17, 15) is 0 Å². The fourth-order valence-corrected chi connectivity index (χ4v) is 2.55. The van der Waals surface area contributed by atoms with E-state index in [0.29, 0.717) is 0 Å². The summed E-state index contributed by atoms with van der Waals surface area (Å²) in [5.74, 6) is 0. The topological polar surface area (TPSA) is 0 Å². The van der Waals surface area contributed by atoms with Gasteiger partial charge in [0.25, 0.3) is 0 Å². The maximum absolute atomic E-state index is 2.33. The third-order valence-corrected chi connectivity index (χ3v) is 3.51. The Morgan fingerprint density at radius 1 is 0.688 bits per heavy atom. The number of rotatable bonds is 2. The fourth-order valence-electron chi connectivity index (χ4n) is 1.41. The van der Waals surface area contributed by atoms with E-state index in [4.69, 9.17) is 0 Å². The van der Waals surface area contributed by atoms with Gasteiger partial charge in [-0.2, -0.15) is 0 Å². The molecule has 2 rings (SSSR count). The Morgan fingerprint density at radius 3 is 1.50 bits per heavy atom. The van der Waals surface area contributed by atoms with Crippen molar-refractivity contribution in [3.8, 4) is 0 Å². The van der Waals surface area contributed by atoms with Crippen LogP contribution in [-0.2, 0) is 0 Å². The van der Waals surface area contributed by atoms with Crippen molar-refractivity contribution >= 4 is 57.3 Å². The molecule has 0 saturated heterocycles. The summed E-state index contributed by atoms with van der Waals surface area (Å²) < 4.78 is 2.53. The highest BCUT2D eigenvalue weighted by Crippen LogP contribution is 2.13. The summed E-state index contributed by atoms with van der Waals surface area (Å²) in [5, 5.41) is 0. The van der Waals surface area contributed by atoms with Gasteiger partial charge in [0, 0.05) is 7.14 Å². The molecule has 0 heterocycles. The molecule has 0 bridgehead atoms. The standard InChI is InChI=1S/C14H10I2/c15-13-5-1-3-11(9-13)7-8-12-4-2-6-14(16)10-12/h1-10H. The van der Waals surface area contributed by atoms with E-state index >= 15 is 0 Å². The van der Waals surface area contributed by atoms with Crippen molar-refractivity contribution in [1.29, 1.82) is 0 Å². The molecule has 0 spiro atoms. The first kappa shape index (κ1) is 12.1. The highest BCUT2D eigenvalue weighted by Gasteiger charge is 1.90. The van der Waals surface area contributed by atoms with Gasteiger partial charge in [-0.25, -0.2) is 0 Å². The smallest absolute Gasteiger partial charge is 0.0136 e.